The van der Waals surface area contributed by atoms with E-state index in [9.17, 15) is 31.2 Å². The number of nitrogens with one attached hydrogen (secondary N) is 1. The monoisotopic (exact) mass is 368 g/mol. The molecule has 0 spiro atoms. The van der Waals surface area contributed by atoms with Gasteiger partial charge in [-0.2, -0.15) is 17.9 Å². The molecule has 2 N–H and O–H groups in total. The van der Waals surface area contributed by atoms with E-state index in [1.807, 2.05) is 4.72 Å². The van der Waals surface area contributed by atoms with Crippen LogP contribution in [0.3, 0.4) is 0 Å². The van der Waals surface area contributed by atoms with Crippen LogP contribution in [0.4, 0.5) is 13.2 Å². The molecule has 1 unspecified atom stereocenters. The zero-order valence-corrected chi connectivity index (χ0v) is 13.5. The van der Waals surface area contributed by atoms with Crippen molar-refractivity contribution in [3.05, 3.63) is 29.8 Å². The summed E-state index contributed by atoms with van der Waals surface area (Å²) < 4.78 is 64.9. The smallest absolute Gasteiger partial charge is 0.417 e. The number of likely N-dealkylation sites (N-methyl/N-ethyl adjacent to an activating group) is 1. The molecule has 0 aromatic heterocycles. The molecule has 0 bridgehead atoms. The van der Waals surface area contributed by atoms with Gasteiger partial charge >= 0.3 is 12.1 Å². The Morgan fingerprint density at radius 2 is 1.83 bits per heavy atom. The molecule has 134 valence electrons. The van der Waals surface area contributed by atoms with Gasteiger partial charge in [0.25, 0.3) is 0 Å². The van der Waals surface area contributed by atoms with Gasteiger partial charge in [-0.1, -0.05) is 12.1 Å². The summed E-state index contributed by atoms with van der Waals surface area (Å²) in [5.41, 5.74) is -1.36. The molecule has 11 heteroatoms. The Bertz CT molecular complexity index is 733. The van der Waals surface area contributed by atoms with Gasteiger partial charge in [-0.05, 0) is 19.1 Å². The number of benzene rings is 1. The molecule has 0 heterocycles. The molecule has 1 amide bonds. The predicted octanol–water partition coefficient (Wildman–Crippen LogP) is 0.915. The summed E-state index contributed by atoms with van der Waals surface area (Å²) in [4.78, 5) is 22.1. The Kier molecular flexibility index (Phi) is 5.95. The van der Waals surface area contributed by atoms with E-state index in [2.05, 4.69) is 0 Å². The van der Waals surface area contributed by atoms with Crippen LogP contribution in [0.1, 0.15) is 12.5 Å². The maximum absolute atomic E-state index is 12.9. The number of carboxylic acids is 1. The largest absolute Gasteiger partial charge is 0.480 e. The fourth-order valence-corrected chi connectivity index (χ4v) is 3.32. The number of halogens is 3. The topological polar surface area (TPSA) is 104 Å². The summed E-state index contributed by atoms with van der Waals surface area (Å²) in [5, 5.41) is 8.59. The third kappa shape index (κ3) is 4.93. The maximum atomic E-state index is 12.9. The Hall–Kier alpha value is -2.14. The quantitative estimate of drug-likeness (QED) is 0.777. The van der Waals surface area contributed by atoms with E-state index >= 15 is 0 Å². The van der Waals surface area contributed by atoms with Crippen molar-refractivity contribution >= 4 is 21.9 Å². The van der Waals surface area contributed by atoms with Crippen molar-refractivity contribution in [2.45, 2.75) is 24.0 Å². The first kappa shape index (κ1) is 19.9. The van der Waals surface area contributed by atoms with Gasteiger partial charge in [0.2, 0.25) is 15.9 Å². The predicted molar refractivity (Wildman–Crippen MR) is 76.5 cm³/mol. The summed E-state index contributed by atoms with van der Waals surface area (Å²) in [6.45, 7) is 0.429. The van der Waals surface area contributed by atoms with Crippen LogP contribution < -0.4 is 4.72 Å². The molecule has 0 radical (unpaired) electrons. The van der Waals surface area contributed by atoms with Gasteiger partial charge in [0.1, 0.15) is 6.54 Å². The Labute approximate surface area is 136 Å². The number of aliphatic carboxylic acids is 1. The summed E-state index contributed by atoms with van der Waals surface area (Å²) in [6, 6.07) is 2.09. The van der Waals surface area contributed by atoms with Gasteiger partial charge in [-0.25, -0.2) is 8.42 Å². The average Bonchev–Trinajstić information content (AvgIpc) is 2.44. The second kappa shape index (κ2) is 7.18. The second-order valence-corrected chi connectivity index (χ2v) is 6.61. The number of hydrogen-bond acceptors (Lipinski definition) is 4. The number of sulfonamides is 1. The highest BCUT2D eigenvalue weighted by Crippen LogP contribution is 2.33. The highest BCUT2D eigenvalue weighted by Gasteiger charge is 2.37. The van der Waals surface area contributed by atoms with E-state index in [0.717, 1.165) is 37.1 Å². The number of carboxylic acid groups (broad SMARTS) is 1. The van der Waals surface area contributed by atoms with Crippen molar-refractivity contribution in [1.82, 2.24) is 9.62 Å². The van der Waals surface area contributed by atoms with E-state index in [0.29, 0.717) is 6.07 Å². The molecular formula is C13H15F3N2O5S. The van der Waals surface area contributed by atoms with E-state index in [-0.39, 0.29) is 0 Å². The SMILES string of the molecule is CC(NS(=O)(=O)c1ccccc1C(F)(F)F)C(=O)N(C)CC(=O)O. The van der Waals surface area contributed by atoms with Crippen molar-refractivity contribution < 1.29 is 36.3 Å². The molecule has 1 aromatic carbocycles. The van der Waals surface area contributed by atoms with E-state index < -0.39 is 51.1 Å². The fraction of sp³-hybridized carbons (Fsp3) is 0.385. The number of carbonyl (C=O) groups excluding carboxylic acids is 1. The molecule has 0 saturated carbocycles. The molecule has 1 rings (SSSR count). The summed E-state index contributed by atoms with van der Waals surface area (Å²) in [7, 11) is -3.52. The first-order valence-electron chi connectivity index (χ1n) is 6.51. The van der Waals surface area contributed by atoms with Gasteiger partial charge in [-0.15, -0.1) is 0 Å². The molecule has 1 atom stereocenters. The number of amides is 1. The molecule has 1 aromatic rings. The van der Waals surface area contributed by atoms with Gasteiger partial charge < -0.3 is 10.0 Å². The van der Waals surface area contributed by atoms with Crippen molar-refractivity contribution in [3.63, 3.8) is 0 Å². The lowest BCUT2D eigenvalue weighted by Crippen LogP contribution is -2.47. The van der Waals surface area contributed by atoms with E-state index in [4.69, 9.17) is 5.11 Å². The number of nitrogens with zero attached hydrogens (tertiary/aromatic N) is 1. The molecular weight excluding hydrogens is 353 g/mol. The van der Waals surface area contributed by atoms with Crippen molar-refractivity contribution in [1.29, 1.82) is 0 Å². The summed E-state index contributed by atoms with van der Waals surface area (Å²) in [6.07, 6.45) is -4.89. The van der Waals surface area contributed by atoms with Crippen LogP contribution in [0.5, 0.6) is 0 Å². The maximum Gasteiger partial charge on any atom is 0.417 e. The molecule has 24 heavy (non-hydrogen) atoms. The van der Waals surface area contributed by atoms with Crippen LogP contribution in [-0.2, 0) is 25.8 Å². The minimum atomic E-state index is -4.89. The molecule has 0 saturated heterocycles. The van der Waals surface area contributed by atoms with Gasteiger partial charge in [0.05, 0.1) is 16.5 Å². The van der Waals surface area contributed by atoms with Crippen molar-refractivity contribution in [2.24, 2.45) is 0 Å². The van der Waals surface area contributed by atoms with Gasteiger partial charge in [0, 0.05) is 7.05 Å². The zero-order chi connectivity index (χ0) is 18.7. The first-order chi connectivity index (χ1) is 10.9. The number of alkyl halides is 3. The Morgan fingerprint density at radius 3 is 2.33 bits per heavy atom. The van der Waals surface area contributed by atoms with Crippen molar-refractivity contribution in [3.8, 4) is 0 Å². The van der Waals surface area contributed by atoms with Crippen LogP contribution in [-0.4, -0.2) is 49.9 Å². The lowest BCUT2D eigenvalue weighted by Gasteiger charge is -2.21. The van der Waals surface area contributed by atoms with Gasteiger partial charge in [0.15, 0.2) is 0 Å². The van der Waals surface area contributed by atoms with Crippen molar-refractivity contribution in [2.75, 3.05) is 13.6 Å². The fourth-order valence-electron chi connectivity index (χ4n) is 1.89. The van der Waals surface area contributed by atoms with E-state index in [1.165, 1.54) is 0 Å². The van der Waals surface area contributed by atoms with Crippen LogP contribution in [0.15, 0.2) is 29.2 Å². The molecule has 0 aliphatic heterocycles. The number of carbonyl (C=O) groups is 2. The highest BCUT2D eigenvalue weighted by atomic mass is 32.2. The normalized spacial score (nSPS) is 13.4. The van der Waals surface area contributed by atoms with Crippen LogP contribution in [0.2, 0.25) is 0 Å². The molecule has 0 fully saturated rings. The Morgan fingerprint density at radius 1 is 1.29 bits per heavy atom. The second-order valence-electron chi connectivity index (χ2n) is 4.92. The summed E-state index contributed by atoms with van der Waals surface area (Å²) in [5.74, 6) is -2.21. The number of rotatable bonds is 6. The van der Waals surface area contributed by atoms with Crippen LogP contribution in [0, 0.1) is 0 Å². The third-order valence-corrected chi connectivity index (χ3v) is 4.53. The van der Waals surface area contributed by atoms with Gasteiger partial charge in [-0.3, -0.25) is 9.59 Å². The minimum absolute atomic E-state index is 0.609. The minimum Gasteiger partial charge on any atom is -0.480 e. The zero-order valence-electron chi connectivity index (χ0n) is 12.7. The van der Waals surface area contributed by atoms with Crippen LogP contribution in [0.25, 0.3) is 0 Å². The standard InChI is InChI=1S/C13H15F3N2O5S/c1-8(12(21)18(2)7-11(19)20)17-24(22,23)10-6-4-3-5-9(10)13(14,15)16/h3-6,8,17H,7H2,1-2H3,(H,19,20). The first-order valence-corrected chi connectivity index (χ1v) is 8.00. The third-order valence-electron chi connectivity index (χ3n) is 2.93. The Balaban J connectivity index is 3.07. The average molecular weight is 368 g/mol. The molecule has 0 aliphatic carbocycles. The lowest BCUT2D eigenvalue weighted by molar-refractivity contribution is -0.144. The number of hydrogen-bond donors (Lipinski definition) is 2. The summed E-state index contributed by atoms with van der Waals surface area (Å²) >= 11 is 0. The van der Waals surface area contributed by atoms with E-state index in [1.54, 1.807) is 0 Å². The highest BCUT2D eigenvalue weighted by molar-refractivity contribution is 7.89. The van der Waals surface area contributed by atoms with Crippen LogP contribution >= 0.6 is 0 Å². The lowest BCUT2D eigenvalue weighted by atomic mass is 10.2. The molecule has 7 nitrogen and oxygen atoms in total. The molecule has 0 aliphatic rings.